The molecule has 2 N–H and O–H groups in total. The van der Waals surface area contributed by atoms with Crippen LogP contribution in [0.4, 0.5) is 10.5 Å². The fourth-order valence-corrected chi connectivity index (χ4v) is 3.84. The van der Waals surface area contributed by atoms with Gasteiger partial charge in [-0.2, -0.15) is 5.26 Å². The molecule has 1 fully saturated rings. The van der Waals surface area contributed by atoms with E-state index < -0.39 is 0 Å². The molecule has 0 radical (unpaired) electrons. The van der Waals surface area contributed by atoms with Crippen molar-refractivity contribution in [3.63, 3.8) is 0 Å². The van der Waals surface area contributed by atoms with E-state index in [0.717, 1.165) is 43.4 Å². The van der Waals surface area contributed by atoms with Crippen LogP contribution < -0.4 is 10.6 Å². The van der Waals surface area contributed by atoms with E-state index in [1.165, 1.54) is 18.4 Å². The minimum absolute atomic E-state index is 0.234. The first-order chi connectivity index (χ1) is 14.1. The van der Waals surface area contributed by atoms with Gasteiger partial charge in [0.2, 0.25) is 0 Å². The first-order valence-corrected chi connectivity index (χ1v) is 10.5. The standard InChI is InChI=1S/C23H27ClN4O/c24-21-7-5-18(6-8-21)15-19-9-13-28(14-10-19)12-2-11-26-23(29)27-22-4-1-3-20(16-22)17-25/h1,3-8,16,19H,2,9-15H2,(H2,26,27,29). The number of carbonyl (C=O) groups is 1. The summed E-state index contributed by atoms with van der Waals surface area (Å²) >= 11 is 5.96. The second-order valence-corrected chi connectivity index (χ2v) is 7.98. The maximum atomic E-state index is 12.0. The zero-order chi connectivity index (χ0) is 20.5. The lowest BCUT2D eigenvalue weighted by Gasteiger charge is -2.32. The monoisotopic (exact) mass is 410 g/mol. The SMILES string of the molecule is N#Cc1cccc(NC(=O)NCCCN2CCC(Cc3ccc(Cl)cc3)CC2)c1. The molecule has 2 aromatic rings. The molecule has 5 nitrogen and oxygen atoms in total. The molecule has 152 valence electrons. The van der Waals surface area contributed by atoms with E-state index in [2.05, 4.69) is 33.7 Å². The molecular formula is C23H27ClN4O. The van der Waals surface area contributed by atoms with Gasteiger partial charge in [-0.3, -0.25) is 0 Å². The Morgan fingerprint density at radius 1 is 1.17 bits per heavy atom. The minimum atomic E-state index is -0.234. The molecule has 3 rings (SSSR count). The van der Waals surface area contributed by atoms with Gasteiger partial charge in [-0.1, -0.05) is 29.8 Å². The third-order valence-corrected chi connectivity index (χ3v) is 5.58. The fraction of sp³-hybridized carbons (Fsp3) is 0.391. The van der Waals surface area contributed by atoms with Crippen LogP contribution in [-0.2, 0) is 6.42 Å². The zero-order valence-electron chi connectivity index (χ0n) is 16.5. The van der Waals surface area contributed by atoms with Crippen molar-refractivity contribution in [3.05, 3.63) is 64.7 Å². The average molecular weight is 411 g/mol. The molecule has 1 heterocycles. The molecule has 2 amide bonds. The van der Waals surface area contributed by atoms with Gasteiger partial charge in [-0.05, 0) is 87.1 Å². The van der Waals surface area contributed by atoms with Crippen LogP contribution in [0, 0.1) is 17.2 Å². The highest BCUT2D eigenvalue weighted by atomic mass is 35.5. The minimum Gasteiger partial charge on any atom is -0.338 e. The summed E-state index contributed by atoms with van der Waals surface area (Å²) < 4.78 is 0. The smallest absolute Gasteiger partial charge is 0.319 e. The first-order valence-electron chi connectivity index (χ1n) is 10.1. The summed E-state index contributed by atoms with van der Waals surface area (Å²) in [7, 11) is 0. The second kappa shape index (κ2) is 10.8. The summed E-state index contributed by atoms with van der Waals surface area (Å²) in [5.74, 6) is 0.737. The van der Waals surface area contributed by atoms with Crippen LogP contribution in [0.3, 0.4) is 0 Å². The topological polar surface area (TPSA) is 68.2 Å². The van der Waals surface area contributed by atoms with Crippen LogP contribution >= 0.6 is 11.6 Å². The van der Waals surface area contributed by atoms with E-state index in [-0.39, 0.29) is 6.03 Å². The van der Waals surface area contributed by atoms with E-state index in [1.54, 1.807) is 24.3 Å². The number of benzene rings is 2. The molecule has 29 heavy (non-hydrogen) atoms. The van der Waals surface area contributed by atoms with E-state index in [4.69, 9.17) is 16.9 Å². The molecular weight excluding hydrogens is 384 g/mol. The van der Waals surface area contributed by atoms with E-state index >= 15 is 0 Å². The molecule has 0 unspecified atom stereocenters. The van der Waals surface area contributed by atoms with Crippen LogP contribution in [0.2, 0.25) is 5.02 Å². The summed E-state index contributed by atoms with van der Waals surface area (Å²) in [6.07, 6.45) is 4.48. The molecule has 0 spiro atoms. The van der Waals surface area contributed by atoms with Gasteiger partial charge in [0.25, 0.3) is 0 Å². The lowest BCUT2D eigenvalue weighted by atomic mass is 9.90. The Morgan fingerprint density at radius 3 is 2.66 bits per heavy atom. The van der Waals surface area contributed by atoms with Gasteiger partial charge < -0.3 is 15.5 Å². The number of halogens is 1. The predicted molar refractivity (Wildman–Crippen MR) is 117 cm³/mol. The number of anilines is 1. The molecule has 2 aromatic carbocycles. The first kappa shape index (κ1) is 21.2. The summed E-state index contributed by atoms with van der Waals surface area (Å²) in [6, 6.07) is 16.9. The summed E-state index contributed by atoms with van der Waals surface area (Å²) in [4.78, 5) is 14.5. The van der Waals surface area contributed by atoms with Gasteiger partial charge in [0.05, 0.1) is 11.6 Å². The Bertz CT molecular complexity index is 839. The molecule has 0 aromatic heterocycles. The number of hydrogen-bond donors (Lipinski definition) is 2. The molecule has 0 saturated carbocycles. The van der Waals surface area contributed by atoms with Crippen LogP contribution in [-0.4, -0.2) is 37.1 Å². The third-order valence-electron chi connectivity index (χ3n) is 5.33. The number of piperidine rings is 1. The van der Waals surface area contributed by atoms with Crippen molar-refractivity contribution in [2.75, 3.05) is 31.5 Å². The fourth-order valence-electron chi connectivity index (χ4n) is 3.71. The zero-order valence-corrected chi connectivity index (χ0v) is 17.3. The Morgan fingerprint density at radius 2 is 1.93 bits per heavy atom. The quantitative estimate of drug-likeness (QED) is 0.651. The Hall–Kier alpha value is -2.55. The summed E-state index contributed by atoms with van der Waals surface area (Å²) in [5, 5.41) is 15.3. The van der Waals surface area contributed by atoms with Crippen LogP contribution in [0.5, 0.6) is 0 Å². The maximum Gasteiger partial charge on any atom is 0.319 e. The summed E-state index contributed by atoms with van der Waals surface area (Å²) in [5.41, 5.74) is 2.52. The van der Waals surface area contributed by atoms with Crippen molar-refractivity contribution < 1.29 is 4.79 Å². The number of likely N-dealkylation sites (tertiary alicyclic amines) is 1. The van der Waals surface area contributed by atoms with E-state index in [1.807, 2.05) is 12.1 Å². The number of nitrogens with one attached hydrogen (secondary N) is 2. The van der Waals surface area contributed by atoms with Crippen molar-refractivity contribution in [2.45, 2.75) is 25.7 Å². The van der Waals surface area contributed by atoms with Crippen molar-refractivity contribution in [2.24, 2.45) is 5.92 Å². The van der Waals surface area contributed by atoms with Gasteiger partial charge >= 0.3 is 6.03 Å². The van der Waals surface area contributed by atoms with Crippen molar-refractivity contribution in [1.29, 1.82) is 5.26 Å². The van der Waals surface area contributed by atoms with Gasteiger partial charge in [0, 0.05) is 17.3 Å². The Labute approximate surface area is 177 Å². The normalized spacial score (nSPS) is 14.9. The predicted octanol–water partition coefficient (Wildman–Crippen LogP) is 4.68. The molecule has 0 atom stereocenters. The number of hydrogen-bond acceptors (Lipinski definition) is 3. The van der Waals surface area contributed by atoms with Gasteiger partial charge in [-0.15, -0.1) is 0 Å². The number of rotatable bonds is 7. The largest absolute Gasteiger partial charge is 0.338 e. The highest BCUT2D eigenvalue weighted by Crippen LogP contribution is 2.22. The highest BCUT2D eigenvalue weighted by molar-refractivity contribution is 6.30. The molecule has 1 aliphatic heterocycles. The van der Waals surface area contributed by atoms with E-state index in [9.17, 15) is 4.79 Å². The molecule has 0 aliphatic carbocycles. The summed E-state index contributed by atoms with van der Waals surface area (Å²) in [6.45, 7) is 3.86. The number of nitrogens with zero attached hydrogens (tertiary/aromatic N) is 2. The number of nitriles is 1. The van der Waals surface area contributed by atoms with Crippen LogP contribution in [0.1, 0.15) is 30.4 Å². The van der Waals surface area contributed by atoms with Gasteiger partial charge in [-0.25, -0.2) is 4.79 Å². The Kier molecular flexibility index (Phi) is 7.92. The van der Waals surface area contributed by atoms with Crippen molar-refractivity contribution in [1.82, 2.24) is 10.2 Å². The third kappa shape index (κ3) is 7.08. The van der Waals surface area contributed by atoms with Gasteiger partial charge in [0.1, 0.15) is 0 Å². The number of carbonyl (C=O) groups excluding carboxylic acids is 1. The van der Waals surface area contributed by atoms with Crippen LogP contribution in [0.15, 0.2) is 48.5 Å². The van der Waals surface area contributed by atoms with E-state index in [0.29, 0.717) is 17.8 Å². The molecule has 1 saturated heterocycles. The number of urea groups is 1. The maximum absolute atomic E-state index is 12.0. The second-order valence-electron chi connectivity index (χ2n) is 7.54. The highest BCUT2D eigenvalue weighted by Gasteiger charge is 2.19. The lowest BCUT2D eigenvalue weighted by Crippen LogP contribution is -2.37. The lowest BCUT2D eigenvalue weighted by molar-refractivity contribution is 0.182. The Balaban J connectivity index is 1.29. The van der Waals surface area contributed by atoms with Crippen LogP contribution in [0.25, 0.3) is 0 Å². The molecule has 1 aliphatic rings. The molecule has 0 bridgehead atoms. The van der Waals surface area contributed by atoms with Gasteiger partial charge in [0.15, 0.2) is 0 Å². The van der Waals surface area contributed by atoms with Crippen molar-refractivity contribution >= 4 is 23.3 Å². The molecule has 6 heteroatoms. The average Bonchev–Trinajstić information content (AvgIpc) is 2.74. The number of amides is 2. The van der Waals surface area contributed by atoms with Crippen molar-refractivity contribution in [3.8, 4) is 6.07 Å².